The third kappa shape index (κ3) is 3.81. The zero-order chi connectivity index (χ0) is 21.2. The van der Waals surface area contributed by atoms with Crippen LogP contribution in [0.15, 0.2) is 36.7 Å². The second kappa shape index (κ2) is 8.09. The lowest BCUT2D eigenvalue weighted by atomic mass is 10.0. The number of fused-ring (bicyclic) bond motifs is 1. The summed E-state index contributed by atoms with van der Waals surface area (Å²) in [6.07, 6.45) is 5.21. The fraction of sp³-hybridized carbons (Fsp3) is 0.350. The summed E-state index contributed by atoms with van der Waals surface area (Å²) in [4.78, 5) is 28.0. The molecule has 4 aromatic heterocycles. The highest BCUT2D eigenvalue weighted by molar-refractivity contribution is 5.80. The molecule has 2 N–H and O–H groups in total. The highest BCUT2D eigenvalue weighted by atomic mass is 16.2. The van der Waals surface area contributed by atoms with Crippen LogP contribution in [-0.4, -0.2) is 70.6 Å². The van der Waals surface area contributed by atoms with E-state index in [1.54, 1.807) is 18.5 Å². The van der Waals surface area contributed by atoms with Crippen LogP contribution in [0.5, 0.6) is 0 Å². The van der Waals surface area contributed by atoms with Crippen molar-refractivity contribution in [3.8, 4) is 11.4 Å². The normalized spacial score (nSPS) is 14.8. The standard InChI is InChI=1S/C20H22N10O/c1-13-24-16-3-2-8-21-20(16)30(13)15-6-9-29(10-7-15)18(31)12-23-17-5-4-14(11-22-17)19-25-27-28-26-19/h2-5,8,11,15H,6-7,9-10,12H2,1H3,(H,22,23)(H,25,26,27,28). The molecule has 1 amide bonds. The van der Waals surface area contributed by atoms with Gasteiger partial charge >= 0.3 is 0 Å². The van der Waals surface area contributed by atoms with E-state index in [1.807, 2.05) is 30.0 Å². The summed E-state index contributed by atoms with van der Waals surface area (Å²) in [6, 6.07) is 7.82. The number of aromatic amines is 1. The molecular weight excluding hydrogens is 396 g/mol. The topological polar surface area (TPSA) is 130 Å². The first-order chi connectivity index (χ1) is 15.2. The number of carbonyl (C=O) groups excluding carboxylic acids is 1. The van der Waals surface area contributed by atoms with E-state index in [1.165, 1.54) is 0 Å². The summed E-state index contributed by atoms with van der Waals surface area (Å²) in [6.45, 7) is 3.64. The van der Waals surface area contributed by atoms with Crippen LogP contribution in [-0.2, 0) is 4.79 Å². The molecule has 0 atom stereocenters. The second-order valence-electron chi connectivity index (χ2n) is 7.51. The first kappa shape index (κ1) is 19.1. The van der Waals surface area contributed by atoms with E-state index in [-0.39, 0.29) is 12.5 Å². The largest absolute Gasteiger partial charge is 0.361 e. The van der Waals surface area contributed by atoms with Crippen molar-refractivity contribution in [2.45, 2.75) is 25.8 Å². The van der Waals surface area contributed by atoms with Crippen LogP contribution < -0.4 is 5.32 Å². The molecule has 0 unspecified atom stereocenters. The molecule has 31 heavy (non-hydrogen) atoms. The van der Waals surface area contributed by atoms with Crippen LogP contribution >= 0.6 is 0 Å². The maximum absolute atomic E-state index is 12.7. The van der Waals surface area contributed by atoms with Crippen molar-refractivity contribution in [3.05, 3.63) is 42.5 Å². The van der Waals surface area contributed by atoms with Crippen molar-refractivity contribution in [2.24, 2.45) is 0 Å². The molecule has 0 bridgehead atoms. The molecule has 0 radical (unpaired) electrons. The van der Waals surface area contributed by atoms with E-state index in [9.17, 15) is 4.79 Å². The van der Waals surface area contributed by atoms with Gasteiger partial charge in [-0.15, -0.1) is 10.2 Å². The quantitative estimate of drug-likeness (QED) is 0.500. The second-order valence-corrected chi connectivity index (χ2v) is 7.51. The number of likely N-dealkylation sites (tertiary alicyclic amines) is 1. The highest BCUT2D eigenvalue weighted by Crippen LogP contribution is 2.27. The summed E-state index contributed by atoms with van der Waals surface area (Å²) in [5, 5.41) is 16.9. The summed E-state index contributed by atoms with van der Waals surface area (Å²) >= 11 is 0. The van der Waals surface area contributed by atoms with Gasteiger partial charge in [0.25, 0.3) is 0 Å². The molecule has 158 valence electrons. The number of aromatic nitrogens is 8. The Morgan fingerprint density at radius 3 is 2.84 bits per heavy atom. The van der Waals surface area contributed by atoms with Gasteiger partial charge in [-0.1, -0.05) is 0 Å². The van der Waals surface area contributed by atoms with Crippen LogP contribution in [0.25, 0.3) is 22.6 Å². The Morgan fingerprint density at radius 2 is 2.10 bits per heavy atom. The molecule has 0 spiro atoms. The van der Waals surface area contributed by atoms with E-state index in [2.05, 4.69) is 45.5 Å². The monoisotopic (exact) mass is 418 g/mol. The number of hydrogen-bond acceptors (Lipinski definition) is 8. The third-order valence-corrected chi connectivity index (χ3v) is 5.60. The molecule has 11 nitrogen and oxygen atoms in total. The molecule has 4 aromatic rings. The summed E-state index contributed by atoms with van der Waals surface area (Å²) in [5.41, 5.74) is 2.59. The van der Waals surface area contributed by atoms with Crippen molar-refractivity contribution in [3.63, 3.8) is 0 Å². The number of aryl methyl sites for hydroxylation is 1. The van der Waals surface area contributed by atoms with Gasteiger partial charge in [-0.3, -0.25) is 4.79 Å². The molecular formula is C20H22N10O. The van der Waals surface area contributed by atoms with Crippen molar-refractivity contribution in [1.82, 2.24) is 45.0 Å². The number of piperidine rings is 1. The number of nitrogens with zero attached hydrogens (tertiary/aromatic N) is 8. The van der Waals surface area contributed by atoms with E-state index in [0.717, 1.165) is 35.4 Å². The highest BCUT2D eigenvalue weighted by Gasteiger charge is 2.26. The number of anilines is 1. The number of rotatable bonds is 5. The van der Waals surface area contributed by atoms with Crippen molar-refractivity contribution in [1.29, 1.82) is 0 Å². The van der Waals surface area contributed by atoms with Gasteiger partial charge in [0, 0.05) is 37.1 Å². The van der Waals surface area contributed by atoms with E-state index in [0.29, 0.717) is 30.8 Å². The molecule has 1 aliphatic heterocycles. The Morgan fingerprint density at radius 1 is 1.23 bits per heavy atom. The molecule has 1 fully saturated rings. The number of imidazole rings is 1. The Labute approximate surface area is 177 Å². The summed E-state index contributed by atoms with van der Waals surface area (Å²) in [7, 11) is 0. The number of nitrogens with one attached hydrogen (secondary N) is 2. The van der Waals surface area contributed by atoms with Crippen LogP contribution in [0.2, 0.25) is 0 Å². The van der Waals surface area contributed by atoms with Crippen molar-refractivity contribution >= 4 is 22.9 Å². The minimum absolute atomic E-state index is 0.0628. The first-order valence-electron chi connectivity index (χ1n) is 10.2. The number of hydrogen-bond donors (Lipinski definition) is 2. The summed E-state index contributed by atoms with van der Waals surface area (Å²) in [5.74, 6) is 2.14. The van der Waals surface area contributed by atoms with Gasteiger partial charge in [-0.25, -0.2) is 15.0 Å². The van der Waals surface area contributed by atoms with Gasteiger partial charge in [0.15, 0.2) is 5.65 Å². The number of amides is 1. The molecule has 5 heterocycles. The van der Waals surface area contributed by atoms with Gasteiger partial charge in [-0.2, -0.15) is 5.21 Å². The lowest BCUT2D eigenvalue weighted by molar-refractivity contribution is -0.130. The van der Waals surface area contributed by atoms with Gasteiger partial charge < -0.3 is 14.8 Å². The Bertz CT molecular complexity index is 1180. The van der Waals surface area contributed by atoms with Gasteiger partial charge in [0.05, 0.1) is 6.54 Å². The van der Waals surface area contributed by atoms with Gasteiger partial charge in [0.2, 0.25) is 11.7 Å². The first-order valence-corrected chi connectivity index (χ1v) is 10.2. The number of tetrazole rings is 1. The SMILES string of the molecule is Cc1nc2cccnc2n1C1CCN(C(=O)CNc2ccc(-c3nn[nH]n3)cn2)CC1. The van der Waals surface area contributed by atoms with Gasteiger partial charge in [0.1, 0.15) is 17.2 Å². The van der Waals surface area contributed by atoms with Crippen LogP contribution in [0, 0.1) is 6.92 Å². The Kier molecular flexibility index (Phi) is 4.98. The predicted molar refractivity (Wildman–Crippen MR) is 113 cm³/mol. The maximum Gasteiger partial charge on any atom is 0.241 e. The molecule has 1 aliphatic rings. The Balaban J connectivity index is 1.16. The maximum atomic E-state index is 12.7. The van der Waals surface area contributed by atoms with Gasteiger partial charge in [-0.05, 0) is 49.2 Å². The third-order valence-electron chi connectivity index (χ3n) is 5.60. The molecule has 0 aliphatic carbocycles. The smallest absolute Gasteiger partial charge is 0.241 e. The Hall–Kier alpha value is -3.89. The minimum atomic E-state index is 0.0628. The lowest BCUT2D eigenvalue weighted by Crippen LogP contribution is -2.42. The molecule has 1 saturated heterocycles. The minimum Gasteiger partial charge on any atom is -0.361 e. The fourth-order valence-corrected chi connectivity index (χ4v) is 4.05. The van der Waals surface area contributed by atoms with E-state index in [4.69, 9.17) is 0 Å². The number of H-pyrrole nitrogens is 1. The lowest BCUT2D eigenvalue weighted by Gasteiger charge is -2.33. The molecule has 11 heteroatoms. The zero-order valence-electron chi connectivity index (χ0n) is 17.1. The van der Waals surface area contributed by atoms with E-state index < -0.39 is 0 Å². The van der Waals surface area contributed by atoms with Crippen molar-refractivity contribution in [2.75, 3.05) is 25.0 Å². The van der Waals surface area contributed by atoms with Crippen LogP contribution in [0.3, 0.4) is 0 Å². The molecule has 0 saturated carbocycles. The molecule has 0 aromatic carbocycles. The molecule has 5 rings (SSSR count). The van der Waals surface area contributed by atoms with Crippen LogP contribution in [0.1, 0.15) is 24.7 Å². The predicted octanol–water partition coefficient (Wildman–Crippen LogP) is 1.59. The number of carbonyl (C=O) groups is 1. The van der Waals surface area contributed by atoms with E-state index >= 15 is 0 Å². The average molecular weight is 418 g/mol. The summed E-state index contributed by atoms with van der Waals surface area (Å²) < 4.78 is 2.21. The fourth-order valence-electron chi connectivity index (χ4n) is 4.05. The average Bonchev–Trinajstić information content (AvgIpc) is 3.45. The number of pyridine rings is 2. The van der Waals surface area contributed by atoms with Crippen LogP contribution in [0.4, 0.5) is 5.82 Å². The van der Waals surface area contributed by atoms with Crippen molar-refractivity contribution < 1.29 is 4.79 Å². The zero-order valence-corrected chi connectivity index (χ0v) is 17.1.